The van der Waals surface area contributed by atoms with Gasteiger partial charge in [-0.2, -0.15) is 0 Å². The van der Waals surface area contributed by atoms with Gasteiger partial charge < -0.3 is 4.98 Å². The number of aldehydes is 1. The largest absolute Gasteiger partial charge is 0.337 e. The second-order valence-electron chi connectivity index (χ2n) is 3.03. The lowest BCUT2D eigenvalue weighted by Crippen LogP contribution is -1.86. The van der Waals surface area contributed by atoms with Gasteiger partial charge in [-0.05, 0) is 24.1 Å². The summed E-state index contributed by atoms with van der Waals surface area (Å²) in [5.74, 6) is 0. The molecule has 70 valence electrons. The first-order valence-electron chi connectivity index (χ1n) is 4.38. The van der Waals surface area contributed by atoms with Crippen LogP contribution in [0.1, 0.15) is 16.1 Å². The van der Waals surface area contributed by atoms with Crippen molar-refractivity contribution in [2.75, 3.05) is 0 Å². The number of H-pyrrole nitrogens is 1. The average molecular weight is 186 g/mol. The highest BCUT2D eigenvalue weighted by molar-refractivity contribution is 5.90. The Morgan fingerprint density at radius 2 is 2.43 bits per heavy atom. The summed E-state index contributed by atoms with van der Waals surface area (Å²) in [5, 5.41) is 0.995. The summed E-state index contributed by atoms with van der Waals surface area (Å²) in [6, 6.07) is 3.81. The van der Waals surface area contributed by atoms with Gasteiger partial charge >= 0.3 is 0 Å². The number of carbonyl (C=O) groups is 1. The molecule has 3 heteroatoms. The molecule has 0 saturated carbocycles. The van der Waals surface area contributed by atoms with Gasteiger partial charge in [0.25, 0.3) is 0 Å². The van der Waals surface area contributed by atoms with Gasteiger partial charge in [0.15, 0.2) is 6.29 Å². The van der Waals surface area contributed by atoms with E-state index >= 15 is 0 Å². The van der Waals surface area contributed by atoms with Crippen LogP contribution < -0.4 is 0 Å². The van der Waals surface area contributed by atoms with Gasteiger partial charge in [0, 0.05) is 11.6 Å². The molecule has 0 amide bonds. The molecule has 0 aliphatic carbocycles. The van der Waals surface area contributed by atoms with E-state index in [4.69, 9.17) is 0 Å². The molecule has 3 nitrogen and oxygen atoms in total. The van der Waals surface area contributed by atoms with E-state index in [0.29, 0.717) is 12.1 Å². The van der Waals surface area contributed by atoms with Crippen LogP contribution in [0.15, 0.2) is 31.0 Å². The van der Waals surface area contributed by atoms with Gasteiger partial charge in [-0.1, -0.05) is 6.08 Å². The van der Waals surface area contributed by atoms with E-state index in [0.717, 1.165) is 22.9 Å². The van der Waals surface area contributed by atoms with Gasteiger partial charge in [0.1, 0.15) is 5.65 Å². The summed E-state index contributed by atoms with van der Waals surface area (Å²) in [4.78, 5) is 17.9. The molecule has 0 fully saturated rings. The van der Waals surface area contributed by atoms with E-state index in [2.05, 4.69) is 16.5 Å². The molecule has 1 N–H and O–H groups in total. The van der Waals surface area contributed by atoms with Crippen molar-refractivity contribution >= 4 is 17.3 Å². The first-order valence-corrected chi connectivity index (χ1v) is 4.38. The van der Waals surface area contributed by atoms with E-state index in [9.17, 15) is 4.79 Å². The predicted octanol–water partition coefficient (Wildman–Crippen LogP) is 2.10. The SMILES string of the molecule is C=CCc1c(C=O)[nH]c2ncccc12. The number of aromatic amines is 1. The Hall–Kier alpha value is -1.90. The van der Waals surface area contributed by atoms with Crippen LogP contribution in [0.3, 0.4) is 0 Å². The Bertz CT molecular complexity index is 485. The molecule has 0 spiro atoms. The maximum Gasteiger partial charge on any atom is 0.166 e. The number of rotatable bonds is 3. The van der Waals surface area contributed by atoms with Crippen molar-refractivity contribution in [3.8, 4) is 0 Å². The molecule has 2 rings (SSSR count). The first-order chi connectivity index (χ1) is 6.86. The number of nitrogens with zero attached hydrogens (tertiary/aromatic N) is 1. The van der Waals surface area contributed by atoms with E-state index in [1.54, 1.807) is 12.3 Å². The molecular formula is C11H10N2O. The topological polar surface area (TPSA) is 45.8 Å². The molecular weight excluding hydrogens is 176 g/mol. The number of nitrogens with one attached hydrogen (secondary N) is 1. The third-order valence-corrected chi connectivity index (χ3v) is 2.18. The quantitative estimate of drug-likeness (QED) is 0.589. The summed E-state index contributed by atoms with van der Waals surface area (Å²) >= 11 is 0. The number of pyridine rings is 1. The van der Waals surface area contributed by atoms with Gasteiger partial charge in [0.05, 0.1) is 5.69 Å². The van der Waals surface area contributed by atoms with E-state index < -0.39 is 0 Å². The van der Waals surface area contributed by atoms with Crippen molar-refractivity contribution in [2.45, 2.75) is 6.42 Å². The molecule has 2 aromatic rings. The van der Waals surface area contributed by atoms with E-state index in [1.165, 1.54) is 0 Å². The van der Waals surface area contributed by atoms with Gasteiger partial charge in [-0.15, -0.1) is 6.58 Å². The fourth-order valence-electron chi connectivity index (χ4n) is 1.56. The van der Waals surface area contributed by atoms with Crippen LogP contribution in [0.2, 0.25) is 0 Å². The minimum absolute atomic E-state index is 0.596. The molecule has 0 aliphatic heterocycles. The van der Waals surface area contributed by atoms with Crippen molar-refractivity contribution in [1.82, 2.24) is 9.97 Å². The first kappa shape index (κ1) is 8.69. The molecule has 0 radical (unpaired) electrons. The third-order valence-electron chi connectivity index (χ3n) is 2.18. The van der Waals surface area contributed by atoms with Crippen LogP contribution in [0.4, 0.5) is 0 Å². The van der Waals surface area contributed by atoms with Crippen LogP contribution in [0, 0.1) is 0 Å². The van der Waals surface area contributed by atoms with Crippen molar-refractivity contribution < 1.29 is 4.79 Å². The monoisotopic (exact) mass is 186 g/mol. The number of allylic oxidation sites excluding steroid dienone is 1. The second-order valence-corrected chi connectivity index (χ2v) is 3.03. The molecule has 0 saturated heterocycles. The van der Waals surface area contributed by atoms with E-state index in [1.807, 2.05) is 12.1 Å². The lowest BCUT2D eigenvalue weighted by atomic mass is 10.1. The molecule has 0 aliphatic rings. The summed E-state index contributed by atoms with van der Waals surface area (Å²) in [6.45, 7) is 3.67. The van der Waals surface area contributed by atoms with Crippen molar-refractivity contribution in [3.63, 3.8) is 0 Å². The zero-order chi connectivity index (χ0) is 9.97. The second kappa shape index (κ2) is 3.46. The van der Waals surface area contributed by atoms with Crippen LogP contribution in [-0.4, -0.2) is 16.3 Å². The Kier molecular flexibility index (Phi) is 2.14. The Morgan fingerprint density at radius 1 is 1.57 bits per heavy atom. The summed E-state index contributed by atoms with van der Waals surface area (Å²) < 4.78 is 0. The third kappa shape index (κ3) is 1.23. The standard InChI is InChI=1S/C11H10N2O/c1-2-4-8-9-5-3-6-12-11(9)13-10(8)7-14/h2-3,5-7H,1,4H2,(H,12,13). The lowest BCUT2D eigenvalue weighted by molar-refractivity contribution is 0.111. The van der Waals surface area contributed by atoms with Crippen molar-refractivity contribution in [2.24, 2.45) is 0 Å². The molecule has 2 aromatic heterocycles. The molecule has 0 unspecified atom stereocenters. The zero-order valence-electron chi connectivity index (χ0n) is 7.66. The molecule has 0 atom stereocenters. The smallest absolute Gasteiger partial charge is 0.166 e. The highest BCUT2D eigenvalue weighted by atomic mass is 16.1. The fourth-order valence-corrected chi connectivity index (χ4v) is 1.56. The van der Waals surface area contributed by atoms with E-state index in [-0.39, 0.29) is 0 Å². The van der Waals surface area contributed by atoms with Crippen LogP contribution in [-0.2, 0) is 6.42 Å². The Balaban J connectivity index is 2.73. The minimum atomic E-state index is 0.596. The summed E-state index contributed by atoms with van der Waals surface area (Å²) in [6.07, 6.45) is 4.98. The lowest BCUT2D eigenvalue weighted by Gasteiger charge is -1.93. The van der Waals surface area contributed by atoms with Gasteiger partial charge in [-0.3, -0.25) is 4.79 Å². The number of hydrogen-bond donors (Lipinski definition) is 1. The van der Waals surface area contributed by atoms with Gasteiger partial charge in [0.2, 0.25) is 0 Å². The number of carbonyl (C=O) groups excluding carboxylic acids is 1. The molecule has 2 heterocycles. The van der Waals surface area contributed by atoms with Crippen LogP contribution >= 0.6 is 0 Å². The summed E-state index contributed by atoms with van der Waals surface area (Å²) in [7, 11) is 0. The highest BCUT2D eigenvalue weighted by Crippen LogP contribution is 2.20. The Labute approximate surface area is 81.5 Å². The fraction of sp³-hybridized carbons (Fsp3) is 0.0909. The summed E-state index contributed by atoms with van der Waals surface area (Å²) in [5.41, 5.74) is 2.32. The normalized spacial score (nSPS) is 10.3. The number of fused-ring (bicyclic) bond motifs is 1. The maximum absolute atomic E-state index is 10.8. The van der Waals surface area contributed by atoms with Gasteiger partial charge in [-0.25, -0.2) is 4.98 Å². The van der Waals surface area contributed by atoms with Crippen LogP contribution in [0.25, 0.3) is 11.0 Å². The van der Waals surface area contributed by atoms with Crippen molar-refractivity contribution in [3.05, 3.63) is 42.2 Å². The minimum Gasteiger partial charge on any atom is -0.337 e. The molecule has 0 bridgehead atoms. The van der Waals surface area contributed by atoms with Crippen LogP contribution in [0.5, 0.6) is 0 Å². The molecule has 14 heavy (non-hydrogen) atoms. The van der Waals surface area contributed by atoms with Crippen molar-refractivity contribution in [1.29, 1.82) is 0 Å². The predicted molar refractivity (Wildman–Crippen MR) is 55.4 cm³/mol. The Morgan fingerprint density at radius 3 is 3.14 bits per heavy atom. The maximum atomic E-state index is 10.8. The number of hydrogen-bond acceptors (Lipinski definition) is 2. The number of aromatic nitrogens is 2. The molecule has 0 aromatic carbocycles. The highest BCUT2D eigenvalue weighted by Gasteiger charge is 2.08. The average Bonchev–Trinajstić information content (AvgIpc) is 2.58. The zero-order valence-corrected chi connectivity index (χ0v) is 7.66.